The highest BCUT2D eigenvalue weighted by molar-refractivity contribution is 5.98. The molecule has 1 aromatic rings. The van der Waals surface area contributed by atoms with Crippen LogP contribution in [0, 0.1) is 0 Å². The summed E-state index contributed by atoms with van der Waals surface area (Å²) in [6.45, 7) is 4.76. The molecule has 6 heteroatoms. The number of morpholine rings is 1. The molecule has 0 aliphatic carbocycles. The maximum atomic E-state index is 12.3. The number of carbonyl (C=O) groups excluding carboxylic acids is 2. The molecular weight excluding hydrogens is 270 g/mol. The molecule has 0 radical (unpaired) electrons. The van der Waals surface area contributed by atoms with Gasteiger partial charge in [-0.25, -0.2) is 0 Å². The Hall–Kier alpha value is -1.92. The third kappa shape index (κ3) is 4.27. The Morgan fingerprint density at radius 2 is 1.95 bits per heavy atom. The van der Waals surface area contributed by atoms with Crippen LogP contribution in [0.3, 0.4) is 0 Å². The molecule has 21 heavy (non-hydrogen) atoms. The van der Waals surface area contributed by atoms with Crippen LogP contribution in [0.2, 0.25) is 0 Å². The molecular formula is C15H21N3O3. The van der Waals surface area contributed by atoms with Crippen molar-refractivity contribution in [1.82, 2.24) is 9.80 Å². The van der Waals surface area contributed by atoms with Crippen LogP contribution in [0.1, 0.15) is 20.7 Å². The smallest absolute Gasteiger partial charge is 0.253 e. The third-order valence-electron chi connectivity index (χ3n) is 3.60. The molecule has 1 aliphatic rings. The number of benzene rings is 1. The van der Waals surface area contributed by atoms with Gasteiger partial charge in [-0.15, -0.1) is 0 Å². The van der Waals surface area contributed by atoms with E-state index in [2.05, 4.69) is 4.90 Å². The SMILES string of the molecule is CN(CCN1CCOCC1)C(=O)c1cccc(C(N)=O)c1. The molecule has 6 nitrogen and oxygen atoms in total. The fourth-order valence-corrected chi connectivity index (χ4v) is 2.24. The van der Waals surface area contributed by atoms with Gasteiger partial charge in [0, 0.05) is 44.4 Å². The van der Waals surface area contributed by atoms with Crippen LogP contribution >= 0.6 is 0 Å². The number of likely N-dealkylation sites (N-methyl/N-ethyl adjacent to an activating group) is 1. The lowest BCUT2D eigenvalue weighted by Crippen LogP contribution is -2.41. The molecule has 0 atom stereocenters. The van der Waals surface area contributed by atoms with Gasteiger partial charge in [-0.2, -0.15) is 0 Å². The number of amides is 2. The first-order valence-corrected chi connectivity index (χ1v) is 7.03. The summed E-state index contributed by atoms with van der Waals surface area (Å²) in [7, 11) is 1.76. The van der Waals surface area contributed by atoms with E-state index in [9.17, 15) is 9.59 Å². The number of nitrogens with zero attached hydrogens (tertiary/aromatic N) is 2. The largest absolute Gasteiger partial charge is 0.379 e. The summed E-state index contributed by atoms with van der Waals surface area (Å²) in [6.07, 6.45) is 0. The van der Waals surface area contributed by atoms with Crippen LogP contribution in [-0.4, -0.2) is 68.1 Å². The molecule has 0 bridgehead atoms. The van der Waals surface area contributed by atoms with Gasteiger partial charge < -0.3 is 15.4 Å². The molecule has 0 aromatic heterocycles. The Bertz CT molecular complexity index is 513. The molecule has 1 aromatic carbocycles. The summed E-state index contributed by atoms with van der Waals surface area (Å²) in [4.78, 5) is 27.4. The van der Waals surface area contributed by atoms with E-state index in [0.717, 1.165) is 32.8 Å². The Balaban J connectivity index is 1.92. The molecule has 0 spiro atoms. The Labute approximate surface area is 124 Å². The zero-order valence-electron chi connectivity index (χ0n) is 12.2. The minimum Gasteiger partial charge on any atom is -0.379 e. The molecule has 1 fully saturated rings. The molecule has 2 N–H and O–H groups in total. The Morgan fingerprint density at radius 1 is 1.29 bits per heavy atom. The molecule has 114 valence electrons. The molecule has 2 amide bonds. The van der Waals surface area contributed by atoms with Crippen molar-refractivity contribution in [3.63, 3.8) is 0 Å². The third-order valence-corrected chi connectivity index (χ3v) is 3.60. The summed E-state index contributed by atoms with van der Waals surface area (Å²) in [5.41, 5.74) is 6.06. The van der Waals surface area contributed by atoms with E-state index in [1.807, 2.05) is 0 Å². The van der Waals surface area contributed by atoms with Gasteiger partial charge >= 0.3 is 0 Å². The number of hydrogen-bond acceptors (Lipinski definition) is 4. The van der Waals surface area contributed by atoms with Crippen molar-refractivity contribution in [2.24, 2.45) is 5.73 Å². The summed E-state index contributed by atoms with van der Waals surface area (Å²) in [5.74, 6) is -0.632. The van der Waals surface area contributed by atoms with E-state index in [-0.39, 0.29) is 5.91 Å². The zero-order valence-corrected chi connectivity index (χ0v) is 12.2. The van der Waals surface area contributed by atoms with Crippen LogP contribution in [0.15, 0.2) is 24.3 Å². The number of hydrogen-bond donors (Lipinski definition) is 1. The lowest BCUT2D eigenvalue weighted by Gasteiger charge is -2.28. The summed E-state index contributed by atoms with van der Waals surface area (Å²) in [5, 5.41) is 0. The van der Waals surface area contributed by atoms with Gasteiger partial charge in [0.2, 0.25) is 5.91 Å². The predicted octanol–water partition coefficient (Wildman–Crippen LogP) is 0.190. The van der Waals surface area contributed by atoms with E-state index in [1.165, 1.54) is 6.07 Å². The number of nitrogens with two attached hydrogens (primary N) is 1. The van der Waals surface area contributed by atoms with E-state index in [1.54, 1.807) is 30.1 Å². The van der Waals surface area contributed by atoms with Crippen LogP contribution in [0.4, 0.5) is 0 Å². The van der Waals surface area contributed by atoms with Gasteiger partial charge in [0.25, 0.3) is 5.91 Å². The Kier molecular flexibility index (Phi) is 5.30. The molecule has 0 saturated carbocycles. The van der Waals surface area contributed by atoms with Crippen LogP contribution in [-0.2, 0) is 4.74 Å². The average molecular weight is 291 g/mol. The summed E-state index contributed by atoms with van der Waals surface area (Å²) >= 11 is 0. The van der Waals surface area contributed by atoms with Crippen molar-refractivity contribution in [2.75, 3.05) is 46.4 Å². The second-order valence-corrected chi connectivity index (χ2v) is 5.13. The second-order valence-electron chi connectivity index (χ2n) is 5.13. The number of primary amides is 1. The van der Waals surface area contributed by atoms with Crippen molar-refractivity contribution >= 4 is 11.8 Å². The van der Waals surface area contributed by atoms with Crippen LogP contribution in [0.5, 0.6) is 0 Å². The van der Waals surface area contributed by atoms with E-state index >= 15 is 0 Å². The first-order valence-electron chi connectivity index (χ1n) is 7.03. The van der Waals surface area contributed by atoms with Crippen LogP contribution < -0.4 is 5.73 Å². The summed E-state index contributed by atoms with van der Waals surface area (Å²) < 4.78 is 5.29. The molecule has 0 unspecified atom stereocenters. The van der Waals surface area contributed by atoms with E-state index < -0.39 is 5.91 Å². The zero-order chi connectivity index (χ0) is 15.2. The molecule has 1 heterocycles. The average Bonchev–Trinajstić information content (AvgIpc) is 2.53. The molecule has 1 aliphatic heterocycles. The number of carbonyl (C=O) groups is 2. The van der Waals surface area contributed by atoms with Gasteiger partial charge in [0.1, 0.15) is 0 Å². The highest BCUT2D eigenvalue weighted by Crippen LogP contribution is 2.08. The van der Waals surface area contributed by atoms with Crippen molar-refractivity contribution in [3.05, 3.63) is 35.4 Å². The second kappa shape index (κ2) is 7.19. The van der Waals surface area contributed by atoms with Gasteiger partial charge in [0.05, 0.1) is 13.2 Å². The first kappa shape index (κ1) is 15.5. The van der Waals surface area contributed by atoms with Gasteiger partial charge in [-0.1, -0.05) is 6.07 Å². The maximum Gasteiger partial charge on any atom is 0.253 e. The minimum absolute atomic E-state index is 0.105. The topological polar surface area (TPSA) is 75.9 Å². The maximum absolute atomic E-state index is 12.3. The fourth-order valence-electron chi connectivity index (χ4n) is 2.24. The lowest BCUT2D eigenvalue weighted by molar-refractivity contribution is 0.0338. The fraction of sp³-hybridized carbons (Fsp3) is 0.467. The first-order chi connectivity index (χ1) is 10.1. The van der Waals surface area contributed by atoms with Gasteiger partial charge in [-0.05, 0) is 18.2 Å². The van der Waals surface area contributed by atoms with Crippen molar-refractivity contribution in [3.8, 4) is 0 Å². The standard InChI is InChI=1S/C15H21N3O3/c1-17(5-6-18-7-9-21-10-8-18)15(20)13-4-2-3-12(11-13)14(16)19/h2-4,11H,5-10H2,1H3,(H2,16,19). The van der Waals surface area contributed by atoms with Crippen LogP contribution in [0.25, 0.3) is 0 Å². The van der Waals surface area contributed by atoms with Crippen molar-refractivity contribution in [2.45, 2.75) is 0 Å². The number of rotatable bonds is 5. The minimum atomic E-state index is -0.527. The summed E-state index contributed by atoms with van der Waals surface area (Å²) in [6, 6.07) is 6.51. The molecule has 2 rings (SSSR count). The van der Waals surface area contributed by atoms with E-state index in [0.29, 0.717) is 17.7 Å². The quantitative estimate of drug-likeness (QED) is 0.840. The van der Waals surface area contributed by atoms with Crippen molar-refractivity contribution < 1.29 is 14.3 Å². The number of ether oxygens (including phenoxy) is 1. The Morgan fingerprint density at radius 3 is 2.62 bits per heavy atom. The molecule has 1 saturated heterocycles. The lowest BCUT2D eigenvalue weighted by atomic mass is 10.1. The van der Waals surface area contributed by atoms with E-state index in [4.69, 9.17) is 10.5 Å². The van der Waals surface area contributed by atoms with Gasteiger partial charge in [-0.3, -0.25) is 14.5 Å². The normalized spacial score (nSPS) is 15.7. The van der Waals surface area contributed by atoms with Gasteiger partial charge in [0.15, 0.2) is 0 Å². The predicted molar refractivity (Wildman–Crippen MR) is 79.2 cm³/mol. The monoisotopic (exact) mass is 291 g/mol. The highest BCUT2D eigenvalue weighted by Gasteiger charge is 2.15. The van der Waals surface area contributed by atoms with Crippen molar-refractivity contribution in [1.29, 1.82) is 0 Å². The highest BCUT2D eigenvalue weighted by atomic mass is 16.5.